The molecule has 130 valence electrons. The molecule has 0 aliphatic heterocycles. The Balaban J connectivity index is 2.06. The van der Waals surface area contributed by atoms with Gasteiger partial charge in [-0.05, 0) is 30.7 Å². The third kappa shape index (κ3) is 5.07. The van der Waals surface area contributed by atoms with E-state index in [1.807, 2.05) is 26.1 Å². The average molecular weight is 350 g/mol. The van der Waals surface area contributed by atoms with Crippen molar-refractivity contribution in [3.63, 3.8) is 0 Å². The Kier molecular flexibility index (Phi) is 5.93. The van der Waals surface area contributed by atoms with Crippen LogP contribution in [-0.4, -0.2) is 30.7 Å². The zero-order chi connectivity index (χ0) is 17.6. The third-order valence-corrected chi connectivity index (χ3v) is 4.26. The Labute approximate surface area is 141 Å². The van der Waals surface area contributed by atoms with Crippen molar-refractivity contribution >= 4 is 16.0 Å². The van der Waals surface area contributed by atoms with Gasteiger partial charge in [0.25, 0.3) is 0 Å². The number of sulfonamides is 1. The van der Waals surface area contributed by atoms with Crippen LogP contribution in [0.3, 0.4) is 0 Å². The number of nitrogens with one attached hydrogen (secondary N) is 2. The van der Waals surface area contributed by atoms with Crippen molar-refractivity contribution in [2.75, 3.05) is 6.54 Å². The highest BCUT2D eigenvalue weighted by Crippen LogP contribution is 2.10. The van der Waals surface area contributed by atoms with Crippen LogP contribution < -0.4 is 15.8 Å². The van der Waals surface area contributed by atoms with Gasteiger partial charge in [0.2, 0.25) is 10.0 Å². The van der Waals surface area contributed by atoms with E-state index in [0.29, 0.717) is 25.6 Å². The molecule has 24 heavy (non-hydrogen) atoms. The Bertz CT molecular complexity index is 813. The number of hydrogen-bond acceptors (Lipinski definition) is 4. The van der Waals surface area contributed by atoms with Crippen LogP contribution in [0.2, 0.25) is 0 Å². The summed E-state index contributed by atoms with van der Waals surface area (Å²) < 4.78 is 24.6. The molecule has 2 rings (SSSR count). The van der Waals surface area contributed by atoms with Gasteiger partial charge in [0.1, 0.15) is 0 Å². The number of rotatable bonds is 6. The fourth-order valence-electron chi connectivity index (χ4n) is 2.08. The topological polar surface area (TPSA) is 114 Å². The molecule has 0 spiro atoms. The molecule has 1 aromatic heterocycles. The van der Waals surface area contributed by atoms with E-state index in [4.69, 9.17) is 5.14 Å². The van der Waals surface area contributed by atoms with Crippen LogP contribution in [-0.2, 0) is 30.2 Å². The van der Waals surface area contributed by atoms with Gasteiger partial charge in [-0.2, -0.15) is 5.10 Å². The normalized spacial score (nSPS) is 12.2. The number of aliphatic imine (C=N–C) groups is 1. The summed E-state index contributed by atoms with van der Waals surface area (Å²) in [7, 11) is -1.83. The quantitative estimate of drug-likeness (QED) is 0.513. The van der Waals surface area contributed by atoms with E-state index < -0.39 is 10.0 Å². The highest BCUT2D eigenvalue weighted by Gasteiger charge is 2.08. The van der Waals surface area contributed by atoms with E-state index in [1.165, 1.54) is 12.1 Å². The minimum Gasteiger partial charge on any atom is -0.357 e. The Hall–Kier alpha value is -2.39. The average Bonchev–Trinajstić information content (AvgIpc) is 2.95. The summed E-state index contributed by atoms with van der Waals surface area (Å²) in [6.07, 6.45) is 1.74. The molecule has 0 radical (unpaired) electrons. The zero-order valence-corrected chi connectivity index (χ0v) is 14.5. The molecule has 0 amide bonds. The molecule has 0 bridgehead atoms. The second-order valence-electron chi connectivity index (χ2n) is 5.19. The SMILES string of the molecule is CCNC(=NCc1cccc(S(N)(=O)=O)c1)NCc1ccnn1C. The first-order valence-electron chi connectivity index (χ1n) is 7.51. The Morgan fingerprint density at radius 1 is 1.33 bits per heavy atom. The molecular formula is C15H22N6O2S. The van der Waals surface area contributed by atoms with Gasteiger partial charge in [-0.15, -0.1) is 0 Å². The standard InChI is InChI=1S/C15H22N6O2S/c1-3-17-15(19-11-13-7-8-20-21(13)2)18-10-12-5-4-6-14(9-12)24(16,22)23/h4-9H,3,10-11H2,1-2H3,(H2,16,22,23)(H2,17,18,19). The van der Waals surface area contributed by atoms with Gasteiger partial charge in [-0.1, -0.05) is 12.1 Å². The lowest BCUT2D eigenvalue weighted by Crippen LogP contribution is -2.37. The maximum absolute atomic E-state index is 11.4. The van der Waals surface area contributed by atoms with Gasteiger partial charge < -0.3 is 10.6 Å². The van der Waals surface area contributed by atoms with E-state index >= 15 is 0 Å². The van der Waals surface area contributed by atoms with Crippen molar-refractivity contribution in [2.24, 2.45) is 17.2 Å². The van der Waals surface area contributed by atoms with Crippen LogP contribution in [0.15, 0.2) is 46.4 Å². The summed E-state index contributed by atoms with van der Waals surface area (Å²) in [6.45, 7) is 3.61. The van der Waals surface area contributed by atoms with Crippen molar-refractivity contribution in [1.82, 2.24) is 20.4 Å². The van der Waals surface area contributed by atoms with Crippen LogP contribution in [0, 0.1) is 0 Å². The largest absolute Gasteiger partial charge is 0.357 e. The number of primary sulfonamides is 1. The van der Waals surface area contributed by atoms with Crippen molar-refractivity contribution in [2.45, 2.75) is 24.9 Å². The number of nitrogens with zero attached hydrogens (tertiary/aromatic N) is 3. The predicted octanol–water partition coefficient (Wildman–Crippen LogP) is 0.323. The number of benzene rings is 1. The van der Waals surface area contributed by atoms with Crippen molar-refractivity contribution in [1.29, 1.82) is 0 Å². The maximum atomic E-state index is 11.4. The van der Waals surface area contributed by atoms with Crippen molar-refractivity contribution in [3.8, 4) is 0 Å². The zero-order valence-electron chi connectivity index (χ0n) is 13.7. The molecule has 0 unspecified atom stereocenters. The van der Waals surface area contributed by atoms with Crippen LogP contribution in [0.4, 0.5) is 0 Å². The smallest absolute Gasteiger partial charge is 0.238 e. The number of hydrogen-bond donors (Lipinski definition) is 3. The summed E-state index contributed by atoms with van der Waals surface area (Å²) >= 11 is 0. The van der Waals surface area contributed by atoms with Crippen molar-refractivity contribution in [3.05, 3.63) is 47.8 Å². The summed E-state index contributed by atoms with van der Waals surface area (Å²) in [5.41, 5.74) is 1.79. The van der Waals surface area contributed by atoms with Crippen LogP contribution in [0.5, 0.6) is 0 Å². The van der Waals surface area contributed by atoms with E-state index in [0.717, 1.165) is 11.3 Å². The van der Waals surface area contributed by atoms with E-state index in [-0.39, 0.29) is 4.90 Å². The van der Waals surface area contributed by atoms with Crippen LogP contribution >= 0.6 is 0 Å². The lowest BCUT2D eigenvalue weighted by Gasteiger charge is -2.11. The van der Waals surface area contributed by atoms with Gasteiger partial charge in [-0.25, -0.2) is 18.5 Å². The first-order valence-corrected chi connectivity index (χ1v) is 9.05. The van der Waals surface area contributed by atoms with Crippen LogP contribution in [0.1, 0.15) is 18.2 Å². The molecule has 0 atom stereocenters. The molecule has 0 saturated heterocycles. The number of guanidine groups is 1. The van der Waals surface area contributed by atoms with Gasteiger partial charge >= 0.3 is 0 Å². The molecule has 2 aromatic rings. The second-order valence-corrected chi connectivity index (χ2v) is 6.75. The number of nitrogens with two attached hydrogens (primary N) is 1. The monoisotopic (exact) mass is 350 g/mol. The molecule has 8 nitrogen and oxygen atoms in total. The third-order valence-electron chi connectivity index (χ3n) is 3.35. The molecule has 9 heteroatoms. The summed E-state index contributed by atoms with van der Waals surface area (Å²) in [4.78, 5) is 4.55. The van der Waals surface area contributed by atoms with Gasteiger partial charge in [-0.3, -0.25) is 4.68 Å². The summed E-state index contributed by atoms with van der Waals surface area (Å²) in [6, 6.07) is 8.38. The minimum atomic E-state index is -3.71. The molecule has 0 fully saturated rings. The van der Waals surface area contributed by atoms with E-state index in [2.05, 4.69) is 20.7 Å². The molecule has 0 aliphatic rings. The van der Waals surface area contributed by atoms with Crippen molar-refractivity contribution < 1.29 is 8.42 Å². The molecule has 1 aromatic carbocycles. The van der Waals surface area contributed by atoms with E-state index in [1.54, 1.807) is 16.9 Å². The summed E-state index contributed by atoms with van der Waals surface area (Å²) in [5.74, 6) is 0.639. The molecule has 4 N–H and O–H groups in total. The molecule has 1 heterocycles. The minimum absolute atomic E-state index is 0.0862. The summed E-state index contributed by atoms with van der Waals surface area (Å²) in [5, 5.41) is 15.6. The second kappa shape index (κ2) is 7.93. The van der Waals surface area contributed by atoms with Crippen LogP contribution in [0.25, 0.3) is 0 Å². The van der Waals surface area contributed by atoms with Gasteiger partial charge in [0.15, 0.2) is 5.96 Å². The number of aromatic nitrogens is 2. The lowest BCUT2D eigenvalue weighted by molar-refractivity contribution is 0.597. The fraction of sp³-hybridized carbons (Fsp3) is 0.333. The first-order chi connectivity index (χ1) is 11.4. The highest BCUT2D eigenvalue weighted by atomic mass is 32.2. The molecule has 0 aliphatic carbocycles. The molecule has 0 saturated carbocycles. The molecular weight excluding hydrogens is 328 g/mol. The Morgan fingerprint density at radius 2 is 2.12 bits per heavy atom. The van der Waals surface area contributed by atoms with Gasteiger partial charge in [0, 0.05) is 19.8 Å². The first kappa shape index (κ1) is 18.0. The van der Waals surface area contributed by atoms with Gasteiger partial charge in [0.05, 0.1) is 23.7 Å². The maximum Gasteiger partial charge on any atom is 0.238 e. The van der Waals surface area contributed by atoms with E-state index in [9.17, 15) is 8.42 Å². The predicted molar refractivity (Wildman–Crippen MR) is 92.7 cm³/mol. The highest BCUT2D eigenvalue weighted by molar-refractivity contribution is 7.89. The Morgan fingerprint density at radius 3 is 2.75 bits per heavy atom. The number of aryl methyl sites for hydroxylation is 1. The lowest BCUT2D eigenvalue weighted by atomic mass is 10.2. The fourth-order valence-corrected chi connectivity index (χ4v) is 2.67.